The molecule has 0 aromatic heterocycles. The fourth-order valence-electron chi connectivity index (χ4n) is 1.67. The van der Waals surface area contributed by atoms with Gasteiger partial charge in [0.05, 0.1) is 0 Å². The zero-order valence-corrected chi connectivity index (χ0v) is 13.1. The minimum atomic E-state index is 0.173. The lowest BCUT2D eigenvalue weighted by atomic mass is 10.1. The molecule has 0 amide bonds. The lowest BCUT2D eigenvalue weighted by Gasteiger charge is -2.14. The topological polar surface area (TPSA) is 51.0 Å². The summed E-state index contributed by atoms with van der Waals surface area (Å²) in [6, 6.07) is 3.72. The maximum absolute atomic E-state index is 8.68. The molecule has 1 aromatic rings. The third kappa shape index (κ3) is 4.94. The Morgan fingerprint density at radius 3 is 2.65 bits per heavy atom. The minimum Gasteiger partial charge on any atom is -0.489 e. The van der Waals surface area contributed by atoms with Crippen LogP contribution < -0.4 is 9.47 Å². The summed E-state index contributed by atoms with van der Waals surface area (Å²) in [5, 5.41) is 11.7. The first-order chi connectivity index (χ1) is 9.47. The first-order valence-corrected chi connectivity index (χ1v) is 6.87. The Balaban J connectivity index is 2.98. The van der Waals surface area contributed by atoms with Crippen LogP contribution in [-0.4, -0.2) is 17.7 Å². The van der Waals surface area contributed by atoms with Crippen LogP contribution in [-0.2, 0) is 6.42 Å². The largest absolute Gasteiger partial charge is 0.489 e. The molecule has 20 heavy (non-hydrogen) atoms. The van der Waals surface area contributed by atoms with E-state index in [0.717, 1.165) is 17.5 Å². The maximum atomic E-state index is 8.68. The molecule has 6 heteroatoms. The average Bonchev–Trinajstić information content (AvgIpc) is 2.40. The van der Waals surface area contributed by atoms with Crippen LogP contribution in [0, 0.1) is 6.92 Å². The van der Waals surface area contributed by atoms with Gasteiger partial charge in [-0.25, -0.2) is 0 Å². The number of hydrogen-bond donors (Lipinski definition) is 1. The average molecular weight is 318 g/mol. The third-order valence-corrected chi connectivity index (χ3v) is 2.89. The molecule has 4 nitrogen and oxygen atoms in total. The summed E-state index contributed by atoms with van der Waals surface area (Å²) < 4.78 is 11.2. The number of aryl methyl sites for hydroxylation is 2. The van der Waals surface area contributed by atoms with Gasteiger partial charge < -0.3 is 14.7 Å². The lowest BCUT2D eigenvalue weighted by Crippen LogP contribution is -2.07. The molecule has 1 rings (SSSR count). The van der Waals surface area contributed by atoms with Crippen LogP contribution in [0.3, 0.4) is 0 Å². The number of halogens is 2. The summed E-state index contributed by atoms with van der Waals surface area (Å²) in [5.74, 6) is 1.57. The van der Waals surface area contributed by atoms with Crippen LogP contribution in [0.25, 0.3) is 0 Å². The fourth-order valence-corrected chi connectivity index (χ4v) is 1.80. The molecule has 0 bridgehead atoms. The Bertz CT molecular complexity index is 523. The number of benzene rings is 1. The van der Waals surface area contributed by atoms with Crippen LogP contribution in [0.15, 0.2) is 27.9 Å². The van der Waals surface area contributed by atoms with Gasteiger partial charge in [-0.1, -0.05) is 35.3 Å². The first-order valence-electron chi connectivity index (χ1n) is 6.11. The van der Waals surface area contributed by atoms with E-state index in [1.807, 2.05) is 26.0 Å². The minimum absolute atomic E-state index is 0.173. The quantitative estimate of drug-likeness (QED) is 0.378. The van der Waals surface area contributed by atoms with E-state index in [4.69, 9.17) is 37.9 Å². The van der Waals surface area contributed by atoms with Gasteiger partial charge in [0.15, 0.2) is 0 Å². The van der Waals surface area contributed by atoms with E-state index in [2.05, 4.69) is 5.16 Å². The highest BCUT2D eigenvalue weighted by Gasteiger charge is 2.11. The van der Waals surface area contributed by atoms with E-state index in [-0.39, 0.29) is 10.4 Å². The summed E-state index contributed by atoms with van der Waals surface area (Å²) >= 11 is 11.0. The molecular weight excluding hydrogens is 301 g/mol. The van der Waals surface area contributed by atoms with Crippen molar-refractivity contribution in [1.82, 2.24) is 0 Å². The first kappa shape index (κ1) is 16.7. The molecule has 0 aliphatic heterocycles. The molecule has 0 fully saturated rings. The van der Waals surface area contributed by atoms with Crippen LogP contribution >= 0.6 is 23.2 Å². The summed E-state index contributed by atoms with van der Waals surface area (Å²) in [6.07, 6.45) is 2.33. The second-order valence-corrected chi connectivity index (χ2v) is 5.12. The van der Waals surface area contributed by atoms with E-state index in [1.54, 1.807) is 13.0 Å². The van der Waals surface area contributed by atoms with Crippen molar-refractivity contribution in [2.75, 3.05) is 6.61 Å². The second kappa shape index (κ2) is 8.02. The van der Waals surface area contributed by atoms with E-state index in [1.165, 1.54) is 0 Å². The van der Waals surface area contributed by atoms with Crippen molar-refractivity contribution >= 4 is 29.1 Å². The van der Waals surface area contributed by atoms with Gasteiger partial charge in [0, 0.05) is 6.92 Å². The van der Waals surface area contributed by atoms with Crippen molar-refractivity contribution in [2.24, 2.45) is 5.16 Å². The summed E-state index contributed by atoms with van der Waals surface area (Å²) in [6.45, 7) is 5.78. The number of oxime groups is 1. The zero-order valence-electron chi connectivity index (χ0n) is 11.6. The molecule has 0 spiro atoms. The second-order valence-electron chi connectivity index (χ2n) is 4.11. The molecule has 0 heterocycles. The molecular formula is C14H17Cl2NO3. The molecule has 0 saturated heterocycles. The van der Waals surface area contributed by atoms with Crippen molar-refractivity contribution in [3.05, 3.63) is 33.8 Å². The Hall–Kier alpha value is -1.39. The molecule has 1 N–H and O–H groups in total. The molecule has 0 radical (unpaired) electrons. The van der Waals surface area contributed by atoms with Gasteiger partial charge in [-0.2, -0.15) is 0 Å². The monoisotopic (exact) mass is 317 g/mol. The van der Waals surface area contributed by atoms with Crippen molar-refractivity contribution in [3.63, 3.8) is 0 Å². The van der Waals surface area contributed by atoms with Crippen LogP contribution in [0.5, 0.6) is 11.5 Å². The predicted octanol–water partition coefficient (Wildman–Crippen LogP) is 4.44. The highest BCUT2D eigenvalue weighted by atomic mass is 35.5. The van der Waals surface area contributed by atoms with Gasteiger partial charge in [-0.3, -0.25) is 0 Å². The zero-order chi connectivity index (χ0) is 15.1. The van der Waals surface area contributed by atoms with Gasteiger partial charge in [-0.05, 0) is 42.7 Å². The van der Waals surface area contributed by atoms with Crippen LogP contribution in [0.4, 0.5) is 0 Å². The Morgan fingerprint density at radius 2 is 2.10 bits per heavy atom. The number of rotatable bonds is 5. The van der Waals surface area contributed by atoms with E-state index >= 15 is 0 Å². The van der Waals surface area contributed by atoms with Gasteiger partial charge >= 0.3 is 0 Å². The molecule has 110 valence electrons. The van der Waals surface area contributed by atoms with Crippen molar-refractivity contribution in [1.29, 1.82) is 0 Å². The fraction of sp³-hybridized carbons (Fsp3) is 0.357. The van der Waals surface area contributed by atoms with Crippen LogP contribution in [0.1, 0.15) is 25.0 Å². The maximum Gasteiger partial charge on any atom is 0.228 e. The summed E-state index contributed by atoms with van der Waals surface area (Å²) in [7, 11) is 0. The highest BCUT2D eigenvalue weighted by molar-refractivity contribution is 6.55. The molecule has 0 saturated carbocycles. The molecule has 1 aromatic carbocycles. The van der Waals surface area contributed by atoms with Gasteiger partial charge in [-0.15, -0.1) is 0 Å². The van der Waals surface area contributed by atoms with Crippen LogP contribution in [0.2, 0.25) is 0 Å². The summed E-state index contributed by atoms with van der Waals surface area (Å²) in [5.41, 5.74) is 1.85. The molecule has 0 unspecified atom stereocenters. The predicted molar refractivity (Wildman–Crippen MR) is 81.4 cm³/mol. The van der Waals surface area contributed by atoms with Gasteiger partial charge in [0.1, 0.15) is 22.6 Å². The van der Waals surface area contributed by atoms with Gasteiger partial charge in [0.2, 0.25) is 5.90 Å². The Kier molecular flexibility index (Phi) is 6.68. The Labute approximate surface area is 128 Å². The SMILES string of the molecule is CCc1cc(OCC=C(Cl)Cl)cc(C)c1OC(C)=NO. The number of hydrogen-bond acceptors (Lipinski definition) is 4. The third-order valence-electron chi connectivity index (χ3n) is 2.58. The molecule has 0 aliphatic rings. The van der Waals surface area contributed by atoms with E-state index in [0.29, 0.717) is 18.1 Å². The Morgan fingerprint density at radius 1 is 1.40 bits per heavy atom. The smallest absolute Gasteiger partial charge is 0.228 e. The lowest BCUT2D eigenvalue weighted by molar-refractivity contribution is 0.303. The number of nitrogens with zero attached hydrogens (tertiary/aromatic N) is 1. The normalized spacial score (nSPS) is 11.2. The summed E-state index contributed by atoms with van der Waals surface area (Å²) in [4.78, 5) is 0. The molecule has 0 aliphatic carbocycles. The van der Waals surface area contributed by atoms with Crippen molar-refractivity contribution in [2.45, 2.75) is 27.2 Å². The standard InChI is InChI=1S/C14H17Cl2NO3/c1-4-11-8-12(19-6-5-13(15)16)7-9(2)14(11)20-10(3)17-18/h5,7-8,18H,4,6H2,1-3H3. The van der Waals surface area contributed by atoms with Gasteiger partial charge in [0.25, 0.3) is 0 Å². The van der Waals surface area contributed by atoms with E-state index in [9.17, 15) is 0 Å². The van der Waals surface area contributed by atoms with E-state index < -0.39 is 0 Å². The highest BCUT2D eigenvalue weighted by Crippen LogP contribution is 2.30. The molecule has 0 atom stereocenters. The number of ether oxygens (including phenoxy) is 2. The van der Waals surface area contributed by atoms with Crippen molar-refractivity contribution < 1.29 is 14.7 Å². The van der Waals surface area contributed by atoms with Crippen molar-refractivity contribution in [3.8, 4) is 11.5 Å².